The van der Waals surface area contributed by atoms with Gasteiger partial charge in [0.15, 0.2) is 0 Å². The molecule has 0 atom stereocenters. The highest BCUT2D eigenvalue weighted by Crippen LogP contribution is 2.31. The van der Waals surface area contributed by atoms with Gasteiger partial charge in [-0.2, -0.15) is 0 Å². The molecule has 156 valence electrons. The predicted octanol–water partition coefficient (Wildman–Crippen LogP) is 5.80. The van der Waals surface area contributed by atoms with E-state index in [0.717, 1.165) is 16.5 Å². The van der Waals surface area contributed by atoms with Gasteiger partial charge in [0.25, 0.3) is 5.91 Å². The number of carboxylic acid groups (broad SMARTS) is 1. The molecule has 0 saturated heterocycles. The largest absolute Gasteiger partial charge is 0.481 e. The maximum atomic E-state index is 12.6. The number of nitrogens with one attached hydrogen (secondary N) is 2. The number of carbonyl (C=O) groups excluding carboxylic acids is 1. The predicted molar refractivity (Wildman–Crippen MR) is 120 cm³/mol. The van der Waals surface area contributed by atoms with Gasteiger partial charge in [0, 0.05) is 16.6 Å². The van der Waals surface area contributed by atoms with Crippen molar-refractivity contribution in [2.45, 2.75) is 13.3 Å². The summed E-state index contributed by atoms with van der Waals surface area (Å²) < 4.78 is 5.77. The molecule has 0 aliphatic heterocycles. The topological polar surface area (TPSA) is 91.4 Å². The van der Waals surface area contributed by atoms with Crippen LogP contribution in [0.25, 0.3) is 10.9 Å². The minimum Gasteiger partial charge on any atom is -0.481 e. The van der Waals surface area contributed by atoms with Crippen LogP contribution in [-0.2, 0) is 11.2 Å². The SMILES string of the molecule is Cc1ccc2[nH]c(C(=O)Nc3ccc(Oc4ccc(CC(=O)O)cc4Cl)cc3)cc2c1. The summed E-state index contributed by atoms with van der Waals surface area (Å²) in [6.07, 6.45) is -0.107. The number of H-pyrrole nitrogens is 1. The van der Waals surface area contributed by atoms with Crippen molar-refractivity contribution in [1.29, 1.82) is 0 Å². The highest BCUT2D eigenvalue weighted by molar-refractivity contribution is 6.32. The number of fused-ring (bicyclic) bond motifs is 1. The third-order valence-electron chi connectivity index (χ3n) is 4.71. The molecule has 4 aromatic rings. The van der Waals surface area contributed by atoms with E-state index in [1.165, 1.54) is 0 Å². The number of ether oxygens (including phenoxy) is 1. The minimum atomic E-state index is -0.926. The number of aliphatic carboxylic acids is 1. The maximum absolute atomic E-state index is 12.6. The Labute approximate surface area is 183 Å². The smallest absolute Gasteiger partial charge is 0.307 e. The Morgan fingerprint density at radius 3 is 2.52 bits per heavy atom. The van der Waals surface area contributed by atoms with Crippen molar-refractivity contribution in [1.82, 2.24) is 4.98 Å². The molecule has 0 aliphatic rings. The van der Waals surface area contributed by atoms with E-state index in [9.17, 15) is 9.59 Å². The lowest BCUT2D eigenvalue weighted by molar-refractivity contribution is -0.136. The molecule has 3 N–H and O–H groups in total. The van der Waals surface area contributed by atoms with Crippen molar-refractivity contribution in [2.24, 2.45) is 0 Å². The number of aromatic amines is 1. The summed E-state index contributed by atoms with van der Waals surface area (Å²) in [5.74, 6) is -0.211. The number of aryl methyl sites for hydroxylation is 1. The Morgan fingerprint density at radius 1 is 1.03 bits per heavy atom. The lowest BCUT2D eigenvalue weighted by atomic mass is 10.1. The van der Waals surface area contributed by atoms with Gasteiger partial charge < -0.3 is 20.1 Å². The summed E-state index contributed by atoms with van der Waals surface area (Å²) in [4.78, 5) is 26.5. The molecule has 0 radical (unpaired) electrons. The molecule has 0 fully saturated rings. The fourth-order valence-corrected chi connectivity index (χ4v) is 3.46. The normalized spacial score (nSPS) is 10.8. The summed E-state index contributed by atoms with van der Waals surface area (Å²) >= 11 is 6.20. The first-order valence-electron chi connectivity index (χ1n) is 9.56. The fraction of sp³-hybridized carbons (Fsp3) is 0.0833. The van der Waals surface area contributed by atoms with E-state index in [4.69, 9.17) is 21.4 Å². The standard InChI is InChI=1S/C24H19ClN2O4/c1-14-2-8-20-16(10-14)13-21(27-20)24(30)26-17-4-6-18(7-5-17)31-22-9-3-15(11-19(22)25)12-23(28)29/h2-11,13,27H,12H2,1H3,(H,26,30)(H,28,29). The maximum Gasteiger partial charge on any atom is 0.307 e. The monoisotopic (exact) mass is 434 g/mol. The Kier molecular flexibility index (Phi) is 5.64. The van der Waals surface area contributed by atoms with E-state index in [1.807, 2.05) is 31.2 Å². The zero-order valence-electron chi connectivity index (χ0n) is 16.6. The number of hydrogen-bond donors (Lipinski definition) is 3. The van der Waals surface area contributed by atoms with Crippen molar-refractivity contribution < 1.29 is 19.4 Å². The second-order valence-electron chi connectivity index (χ2n) is 7.19. The number of amides is 1. The molecular weight excluding hydrogens is 416 g/mol. The fourth-order valence-electron chi connectivity index (χ4n) is 3.22. The van der Waals surface area contributed by atoms with Crippen LogP contribution < -0.4 is 10.1 Å². The highest BCUT2D eigenvalue weighted by Gasteiger charge is 2.11. The van der Waals surface area contributed by atoms with E-state index in [1.54, 1.807) is 42.5 Å². The third kappa shape index (κ3) is 4.87. The van der Waals surface area contributed by atoms with Crippen LogP contribution in [-0.4, -0.2) is 22.0 Å². The number of anilines is 1. The van der Waals surface area contributed by atoms with Gasteiger partial charge in [0.05, 0.1) is 11.4 Å². The molecule has 7 heteroatoms. The number of carbonyl (C=O) groups is 2. The summed E-state index contributed by atoms with van der Waals surface area (Å²) in [5, 5.41) is 13.0. The van der Waals surface area contributed by atoms with Crippen molar-refractivity contribution >= 4 is 40.1 Å². The molecule has 0 bridgehead atoms. The molecule has 0 spiro atoms. The van der Waals surface area contributed by atoms with Gasteiger partial charge in [-0.15, -0.1) is 0 Å². The Balaban J connectivity index is 1.43. The second-order valence-corrected chi connectivity index (χ2v) is 7.60. The van der Waals surface area contributed by atoms with Crippen molar-refractivity contribution in [3.8, 4) is 11.5 Å². The molecular formula is C24H19ClN2O4. The Hall–Kier alpha value is -3.77. The van der Waals surface area contributed by atoms with Gasteiger partial charge in [-0.25, -0.2) is 0 Å². The van der Waals surface area contributed by atoms with E-state index in [-0.39, 0.29) is 12.3 Å². The van der Waals surface area contributed by atoms with Gasteiger partial charge >= 0.3 is 5.97 Å². The van der Waals surface area contributed by atoms with Crippen LogP contribution in [0.5, 0.6) is 11.5 Å². The van der Waals surface area contributed by atoms with Gasteiger partial charge in [-0.1, -0.05) is 29.3 Å². The molecule has 1 aromatic heterocycles. The van der Waals surface area contributed by atoms with Crippen molar-refractivity contribution in [3.05, 3.63) is 88.6 Å². The molecule has 1 amide bonds. The molecule has 6 nitrogen and oxygen atoms in total. The zero-order valence-corrected chi connectivity index (χ0v) is 17.4. The molecule has 3 aromatic carbocycles. The molecule has 0 aliphatic carbocycles. The van der Waals surface area contributed by atoms with Gasteiger partial charge in [-0.05, 0) is 67.1 Å². The number of aromatic nitrogens is 1. The first kappa shape index (κ1) is 20.5. The Bertz CT molecular complexity index is 1280. The number of hydrogen-bond acceptors (Lipinski definition) is 3. The second kappa shape index (κ2) is 8.53. The molecule has 31 heavy (non-hydrogen) atoms. The van der Waals surface area contributed by atoms with Gasteiger partial charge in [-0.3, -0.25) is 9.59 Å². The lowest BCUT2D eigenvalue weighted by Gasteiger charge is -2.10. The minimum absolute atomic E-state index is 0.107. The average Bonchev–Trinajstić information content (AvgIpc) is 3.14. The van der Waals surface area contributed by atoms with Crippen molar-refractivity contribution in [3.63, 3.8) is 0 Å². The summed E-state index contributed by atoms with van der Waals surface area (Å²) in [7, 11) is 0. The van der Waals surface area contributed by atoms with Crippen LogP contribution in [0.2, 0.25) is 5.02 Å². The van der Waals surface area contributed by atoms with E-state index >= 15 is 0 Å². The van der Waals surface area contributed by atoms with Crippen LogP contribution in [0.3, 0.4) is 0 Å². The average molecular weight is 435 g/mol. The van der Waals surface area contributed by atoms with Crippen LogP contribution in [0.15, 0.2) is 66.7 Å². The van der Waals surface area contributed by atoms with Crippen molar-refractivity contribution in [2.75, 3.05) is 5.32 Å². The molecule has 0 unspecified atom stereocenters. The van der Waals surface area contributed by atoms with Gasteiger partial charge in [0.2, 0.25) is 0 Å². The quantitative estimate of drug-likeness (QED) is 0.357. The first-order chi connectivity index (χ1) is 14.9. The van der Waals surface area contributed by atoms with Gasteiger partial charge in [0.1, 0.15) is 17.2 Å². The van der Waals surface area contributed by atoms with Crippen LogP contribution in [0, 0.1) is 6.92 Å². The van der Waals surface area contributed by atoms with Crippen LogP contribution in [0.1, 0.15) is 21.6 Å². The molecule has 4 rings (SSSR count). The van der Waals surface area contributed by atoms with Crippen LogP contribution in [0.4, 0.5) is 5.69 Å². The number of rotatable bonds is 6. The van der Waals surface area contributed by atoms with E-state index in [0.29, 0.717) is 33.5 Å². The molecule has 1 heterocycles. The summed E-state index contributed by atoms with van der Waals surface area (Å²) in [5.41, 5.74) is 3.73. The zero-order chi connectivity index (χ0) is 22.0. The third-order valence-corrected chi connectivity index (χ3v) is 5.01. The number of carboxylic acids is 1. The number of halogens is 1. The molecule has 0 saturated carbocycles. The van der Waals surface area contributed by atoms with E-state index in [2.05, 4.69) is 10.3 Å². The first-order valence-corrected chi connectivity index (χ1v) is 9.94. The van der Waals surface area contributed by atoms with E-state index < -0.39 is 5.97 Å². The Morgan fingerprint density at radius 2 is 1.81 bits per heavy atom. The summed E-state index contributed by atoms with van der Waals surface area (Å²) in [6.45, 7) is 2.01. The number of benzene rings is 3. The van der Waals surface area contributed by atoms with Crippen LogP contribution >= 0.6 is 11.6 Å². The lowest BCUT2D eigenvalue weighted by Crippen LogP contribution is -2.12. The highest BCUT2D eigenvalue weighted by atomic mass is 35.5. The summed E-state index contributed by atoms with van der Waals surface area (Å²) in [6, 6.07) is 19.5.